The van der Waals surface area contributed by atoms with Crippen molar-refractivity contribution in [2.45, 2.75) is 20.0 Å². The fourth-order valence-electron chi connectivity index (χ4n) is 2.54. The Bertz CT molecular complexity index is 729. The van der Waals surface area contributed by atoms with Gasteiger partial charge in [-0.1, -0.05) is 52.7 Å². The fourth-order valence-corrected chi connectivity index (χ4v) is 2.54. The van der Waals surface area contributed by atoms with E-state index < -0.39 is 6.10 Å². The first kappa shape index (κ1) is 13.5. The molecule has 0 amide bonds. The van der Waals surface area contributed by atoms with Crippen LogP contribution in [0.3, 0.4) is 0 Å². The molecule has 1 unspecified atom stereocenters. The molecule has 0 aliphatic carbocycles. The van der Waals surface area contributed by atoms with Crippen LogP contribution in [0.4, 0.5) is 0 Å². The molecule has 106 valence electrons. The third-order valence-corrected chi connectivity index (χ3v) is 3.42. The topological polar surface area (TPSA) is 50.9 Å². The lowest BCUT2D eigenvalue weighted by atomic mass is 10.0. The zero-order valence-electron chi connectivity index (χ0n) is 12.1. The summed E-state index contributed by atoms with van der Waals surface area (Å²) in [7, 11) is 0. The second-order valence-electron chi connectivity index (χ2n) is 5.23. The molecule has 4 heteroatoms. The maximum atomic E-state index is 10.7. The van der Waals surface area contributed by atoms with Gasteiger partial charge in [0.2, 0.25) is 0 Å². The monoisotopic (exact) mass is 279 g/mol. The summed E-state index contributed by atoms with van der Waals surface area (Å²) < 4.78 is 1.67. The molecular weight excluding hydrogens is 262 g/mol. The number of nitrogens with zero attached hydrogens (tertiary/aromatic N) is 3. The average molecular weight is 279 g/mol. The molecule has 0 saturated carbocycles. The number of aromatic nitrogens is 3. The van der Waals surface area contributed by atoms with Crippen molar-refractivity contribution in [1.29, 1.82) is 0 Å². The number of aliphatic hydroxyl groups is 1. The van der Waals surface area contributed by atoms with Gasteiger partial charge in [0, 0.05) is 0 Å². The molecule has 3 rings (SSSR count). The molecule has 0 aliphatic rings. The van der Waals surface area contributed by atoms with Crippen LogP contribution in [0.5, 0.6) is 0 Å². The average Bonchev–Trinajstić information content (AvgIpc) is 2.95. The molecule has 0 aliphatic heterocycles. The van der Waals surface area contributed by atoms with Crippen LogP contribution in [0, 0.1) is 13.8 Å². The summed E-state index contributed by atoms with van der Waals surface area (Å²) in [4.78, 5) is 0. The van der Waals surface area contributed by atoms with Crippen molar-refractivity contribution in [2.75, 3.05) is 0 Å². The molecule has 1 atom stereocenters. The normalized spacial score (nSPS) is 12.3. The van der Waals surface area contributed by atoms with Crippen molar-refractivity contribution in [3.63, 3.8) is 0 Å². The van der Waals surface area contributed by atoms with Gasteiger partial charge in [-0.25, -0.2) is 4.68 Å². The van der Waals surface area contributed by atoms with Gasteiger partial charge in [0.05, 0.1) is 17.6 Å². The Morgan fingerprint density at radius 1 is 1.00 bits per heavy atom. The molecule has 0 fully saturated rings. The van der Waals surface area contributed by atoms with Crippen molar-refractivity contribution < 1.29 is 5.11 Å². The van der Waals surface area contributed by atoms with E-state index in [0.29, 0.717) is 5.69 Å². The molecule has 21 heavy (non-hydrogen) atoms. The fraction of sp³-hybridized carbons (Fsp3) is 0.176. The van der Waals surface area contributed by atoms with E-state index in [-0.39, 0.29) is 0 Å². The second kappa shape index (κ2) is 5.50. The minimum Gasteiger partial charge on any atom is -0.382 e. The summed E-state index contributed by atoms with van der Waals surface area (Å²) >= 11 is 0. The molecule has 1 N–H and O–H groups in total. The van der Waals surface area contributed by atoms with Crippen LogP contribution in [0.1, 0.15) is 28.5 Å². The first-order chi connectivity index (χ1) is 10.1. The van der Waals surface area contributed by atoms with Gasteiger partial charge in [0.25, 0.3) is 0 Å². The quantitative estimate of drug-likeness (QED) is 0.802. The molecule has 1 aromatic heterocycles. The molecule has 0 saturated heterocycles. The van der Waals surface area contributed by atoms with Gasteiger partial charge < -0.3 is 5.11 Å². The molecule has 1 heterocycles. The number of para-hydroxylation sites is 1. The van der Waals surface area contributed by atoms with Crippen LogP contribution in [0.15, 0.2) is 54.7 Å². The Labute approximate surface area is 123 Å². The molecule has 0 bridgehead atoms. The Balaban J connectivity index is 2.03. The van der Waals surface area contributed by atoms with Gasteiger partial charge in [-0.05, 0) is 31.5 Å². The summed E-state index contributed by atoms with van der Waals surface area (Å²) in [6.07, 6.45) is 0.855. The summed E-state index contributed by atoms with van der Waals surface area (Å²) in [6.45, 7) is 4.05. The standard InChI is InChI=1S/C17H17N3O/c1-12-8-13(2)10-14(9-12)17(21)16-11-18-19-20(16)15-6-4-3-5-7-15/h3-11,17,21H,1-2H3. The largest absolute Gasteiger partial charge is 0.382 e. The van der Waals surface area contributed by atoms with Gasteiger partial charge in [0.15, 0.2) is 0 Å². The summed E-state index contributed by atoms with van der Waals surface area (Å²) in [5.74, 6) is 0. The number of benzene rings is 2. The smallest absolute Gasteiger partial charge is 0.123 e. The predicted molar refractivity (Wildman–Crippen MR) is 81.3 cm³/mol. The highest BCUT2D eigenvalue weighted by Crippen LogP contribution is 2.24. The highest BCUT2D eigenvalue weighted by atomic mass is 16.3. The van der Waals surface area contributed by atoms with Crippen molar-refractivity contribution in [1.82, 2.24) is 15.0 Å². The minimum atomic E-state index is -0.751. The van der Waals surface area contributed by atoms with E-state index in [9.17, 15) is 5.11 Å². The van der Waals surface area contributed by atoms with Crippen LogP contribution in [0.2, 0.25) is 0 Å². The zero-order chi connectivity index (χ0) is 14.8. The third kappa shape index (κ3) is 2.71. The van der Waals surface area contributed by atoms with E-state index >= 15 is 0 Å². The van der Waals surface area contributed by atoms with Crippen molar-refractivity contribution in [3.8, 4) is 5.69 Å². The maximum absolute atomic E-state index is 10.7. The summed E-state index contributed by atoms with van der Waals surface area (Å²) in [5, 5.41) is 18.7. The van der Waals surface area contributed by atoms with Gasteiger partial charge >= 0.3 is 0 Å². The number of hydrogen-bond acceptors (Lipinski definition) is 3. The predicted octanol–water partition coefficient (Wildman–Crippen LogP) is 2.97. The Morgan fingerprint density at radius 2 is 1.67 bits per heavy atom. The van der Waals surface area contributed by atoms with Gasteiger partial charge in [-0.2, -0.15) is 0 Å². The molecule has 4 nitrogen and oxygen atoms in total. The van der Waals surface area contributed by atoms with E-state index in [1.54, 1.807) is 10.9 Å². The van der Waals surface area contributed by atoms with E-state index in [2.05, 4.69) is 16.4 Å². The van der Waals surface area contributed by atoms with Crippen LogP contribution in [-0.4, -0.2) is 20.1 Å². The molecule has 0 spiro atoms. The van der Waals surface area contributed by atoms with E-state index in [4.69, 9.17) is 0 Å². The summed E-state index contributed by atoms with van der Waals surface area (Å²) in [6, 6.07) is 15.7. The Kier molecular flexibility index (Phi) is 3.54. The second-order valence-corrected chi connectivity index (χ2v) is 5.23. The molecule has 3 aromatic rings. The van der Waals surface area contributed by atoms with Gasteiger partial charge in [-0.15, -0.1) is 5.10 Å². The Morgan fingerprint density at radius 3 is 2.33 bits per heavy atom. The van der Waals surface area contributed by atoms with Crippen molar-refractivity contribution >= 4 is 0 Å². The number of hydrogen-bond donors (Lipinski definition) is 1. The van der Waals surface area contributed by atoms with Gasteiger partial charge in [-0.3, -0.25) is 0 Å². The summed E-state index contributed by atoms with van der Waals surface area (Å²) in [5.41, 5.74) is 4.65. The molecular formula is C17H17N3O. The minimum absolute atomic E-state index is 0.659. The lowest BCUT2D eigenvalue weighted by molar-refractivity contribution is 0.212. The first-order valence-electron chi connectivity index (χ1n) is 6.87. The van der Waals surface area contributed by atoms with E-state index in [1.165, 1.54) is 0 Å². The van der Waals surface area contributed by atoms with Gasteiger partial charge in [0.1, 0.15) is 6.10 Å². The highest BCUT2D eigenvalue weighted by Gasteiger charge is 2.17. The number of rotatable bonds is 3. The Hall–Kier alpha value is -2.46. The van der Waals surface area contributed by atoms with E-state index in [0.717, 1.165) is 22.4 Å². The van der Waals surface area contributed by atoms with Crippen molar-refractivity contribution in [2.24, 2.45) is 0 Å². The van der Waals surface area contributed by atoms with Crippen LogP contribution >= 0.6 is 0 Å². The number of aliphatic hydroxyl groups excluding tert-OH is 1. The van der Waals surface area contributed by atoms with Crippen LogP contribution in [-0.2, 0) is 0 Å². The third-order valence-electron chi connectivity index (χ3n) is 3.42. The first-order valence-corrected chi connectivity index (χ1v) is 6.87. The molecule has 0 radical (unpaired) electrons. The SMILES string of the molecule is Cc1cc(C)cc(C(O)c2cnnn2-c2ccccc2)c1. The lowest BCUT2D eigenvalue weighted by Gasteiger charge is -2.14. The highest BCUT2D eigenvalue weighted by molar-refractivity contribution is 5.37. The number of aryl methyl sites for hydroxylation is 2. The van der Waals surface area contributed by atoms with E-state index in [1.807, 2.05) is 56.3 Å². The van der Waals surface area contributed by atoms with Crippen LogP contribution < -0.4 is 0 Å². The maximum Gasteiger partial charge on any atom is 0.123 e. The molecule has 2 aromatic carbocycles. The lowest BCUT2D eigenvalue weighted by Crippen LogP contribution is -2.09. The van der Waals surface area contributed by atoms with Crippen molar-refractivity contribution in [3.05, 3.63) is 77.1 Å². The zero-order valence-corrected chi connectivity index (χ0v) is 12.1. The van der Waals surface area contributed by atoms with Crippen LogP contribution in [0.25, 0.3) is 5.69 Å².